The number of carbonyl (C=O) groups excluding carboxylic acids is 2. The highest BCUT2D eigenvalue weighted by Crippen LogP contribution is 2.33. The fourth-order valence-electron chi connectivity index (χ4n) is 4.14. The number of anilines is 1. The summed E-state index contributed by atoms with van der Waals surface area (Å²) in [5.74, 6) is -0.607. The number of ether oxygens (including phenoxy) is 1. The number of sulfonamides is 1. The van der Waals surface area contributed by atoms with Crippen LogP contribution in [0.4, 0.5) is 5.69 Å². The van der Waals surface area contributed by atoms with Crippen LogP contribution >= 0.6 is 0 Å². The normalized spacial score (nSPS) is 11.6. The number of aryl methyl sites for hydroxylation is 1. The molecule has 2 aromatic carbocycles. The summed E-state index contributed by atoms with van der Waals surface area (Å²) in [4.78, 5) is 30.2. The van der Waals surface area contributed by atoms with Crippen LogP contribution in [0.3, 0.4) is 0 Å². The van der Waals surface area contributed by atoms with E-state index < -0.39 is 21.9 Å². The second kappa shape index (κ2) is 10.6. The number of rotatable bonds is 8. The van der Waals surface area contributed by atoms with E-state index in [0.29, 0.717) is 22.6 Å². The number of nitrogens with zero attached hydrogens (tertiary/aromatic N) is 2. The summed E-state index contributed by atoms with van der Waals surface area (Å²) in [6, 6.07) is 13.9. The Morgan fingerprint density at radius 3 is 2.32 bits per heavy atom. The van der Waals surface area contributed by atoms with Gasteiger partial charge in [-0.15, -0.1) is 0 Å². The van der Waals surface area contributed by atoms with Crippen molar-refractivity contribution in [1.29, 1.82) is 0 Å². The van der Waals surface area contributed by atoms with E-state index in [4.69, 9.17) is 9.15 Å². The van der Waals surface area contributed by atoms with E-state index in [1.165, 1.54) is 54.9 Å². The van der Waals surface area contributed by atoms with Gasteiger partial charge in [0.2, 0.25) is 0 Å². The molecule has 0 unspecified atom stereocenters. The number of furan rings is 1. The number of carbonyl (C=O) groups is 2. The third-order valence-corrected chi connectivity index (χ3v) is 7.50. The SMILES string of the molecule is CCOC(=O)c1c(C)oc2ccc(N(C(=O)c3ccncc3)S(=O)(=O)c3ccc(CC(C)C)cc3)cc12. The minimum atomic E-state index is -4.34. The van der Waals surface area contributed by atoms with Crippen molar-refractivity contribution in [2.24, 2.45) is 5.92 Å². The predicted octanol–water partition coefficient (Wildman–Crippen LogP) is 5.55. The first-order valence-electron chi connectivity index (χ1n) is 11.9. The molecule has 2 heterocycles. The van der Waals surface area contributed by atoms with Gasteiger partial charge < -0.3 is 9.15 Å². The number of hydrogen-bond donors (Lipinski definition) is 0. The second-order valence-corrected chi connectivity index (χ2v) is 10.8. The fraction of sp³-hybridized carbons (Fsp3) is 0.250. The van der Waals surface area contributed by atoms with E-state index in [-0.39, 0.29) is 28.3 Å². The van der Waals surface area contributed by atoms with Gasteiger partial charge >= 0.3 is 5.97 Å². The lowest BCUT2D eigenvalue weighted by molar-refractivity contribution is 0.0526. The Labute approximate surface area is 215 Å². The Balaban J connectivity index is 1.88. The van der Waals surface area contributed by atoms with Gasteiger partial charge in [0.05, 0.1) is 17.2 Å². The van der Waals surface area contributed by atoms with Gasteiger partial charge in [-0.2, -0.15) is 4.31 Å². The molecule has 0 fully saturated rings. The van der Waals surface area contributed by atoms with Gasteiger partial charge in [-0.3, -0.25) is 9.78 Å². The molecular weight excluding hydrogens is 492 g/mol. The molecule has 4 rings (SSSR count). The molecule has 37 heavy (non-hydrogen) atoms. The quantitative estimate of drug-likeness (QED) is 0.281. The number of benzene rings is 2. The third-order valence-electron chi connectivity index (χ3n) is 5.78. The van der Waals surface area contributed by atoms with Crippen LogP contribution < -0.4 is 4.31 Å². The molecule has 0 aliphatic heterocycles. The van der Waals surface area contributed by atoms with Crippen LogP contribution in [0.25, 0.3) is 11.0 Å². The molecule has 0 atom stereocenters. The lowest BCUT2D eigenvalue weighted by Gasteiger charge is -2.23. The zero-order valence-corrected chi connectivity index (χ0v) is 21.9. The summed E-state index contributed by atoms with van der Waals surface area (Å²) in [5, 5.41) is 0.350. The fourth-order valence-corrected chi connectivity index (χ4v) is 5.55. The van der Waals surface area contributed by atoms with Gasteiger partial charge in [-0.1, -0.05) is 26.0 Å². The number of hydrogen-bond acceptors (Lipinski definition) is 7. The van der Waals surface area contributed by atoms with Gasteiger partial charge in [0.15, 0.2) is 0 Å². The smallest absolute Gasteiger partial charge is 0.342 e. The summed E-state index contributed by atoms with van der Waals surface area (Å²) in [7, 11) is -4.34. The highest BCUT2D eigenvalue weighted by Gasteiger charge is 2.33. The van der Waals surface area contributed by atoms with Crippen LogP contribution in [-0.2, 0) is 21.2 Å². The van der Waals surface area contributed by atoms with Crippen molar-refractivity contribution in [2.75, 3.05) is 10.9 Å². The number of pyridine rings is 1. The molecule has 192 valence electrons. The summed E-state index contributed by atoms with van der Waals surface area (Å²) in [6.07, 6.45) is 3.63. The maximum atomic E-state index is 13.9. The topological polar surface area (TPSA) is 107 Å². The van der Waals surface area contributed by atoms with Crippen molar-refractivity contribution >= 4 is 38.6 Å². The Morgan fingerprint density at radius 1 is 1.03 bits per heavy atom. The van der Waals surface area contributed by atoms with E-state index in [2.05, 4.69) is 18.8 Å². The molecule has 0 aliphatic rings. The number of esters is 1. The number of fused-ring (bicyclic) bond motifs is 1. The summed E-state index contributed by atoms with van der Waals surface area (Å²) < 4.78 is 39.4. The van der Waals surface area contributed by atoms with Gasteiger partial charge in [0.1, 0.15) is 16.9 Å². The molecule has 0 saturated carbocycles. The Hall–Kier alpha value is -3.98. The van der Waals surface area contributed by atoms with Gasteiger partial charge in [-0.05, 0) is 74.2 Å². The highest BCUT2D eigenvalue weighted by atomic mass is 32.2. The van der Waals surface area contributed by atoms with E-state index >= 15 is 0 Å². The second-order valence-electron chi connectivity index (χ2n) is 8.99. The maximum Gasteiger partial charge on any atom is 0.342 e. The lowest BCUT2D eigenvalue weighted by atomic mass is 10.0. The monoisotopic (exact) mass is 520 g/mol. The van der Waals surface area contributed by atoms with Gasteiger partial charge in [0.25, 0.3) is 15.9 Å². The van der Waals surface area contributed by atoms with Crippen molar-refractivity contribution in [1.82, 2.24) is 4.98 Å². The highest BCUT2D eigenvalue weighted by molar-refractivity contribution is 7.93. The van der Waals surface area contributed by atoms with Crippen molar-refractivity contribution in [3.8, 4) is 0 Å². The zero-order chi connectivity index (χ0) is 26.7. The largest absolute Gasteiger partial charge is 0.462 e. The Bertz CT molecular complexity index is 1540. The van der Waals surface area contributed by atoms with Crippen molar-refractivity contribution in [3.63, 3.8) is 0 Å². The standard InChI is InChI=1S/C28H28N2O6S/c1-5-35-28(32)26-19(4)36-25-11-8-22(17-24(25)26)30(27(31)21-12-14-29-15-13-21)37(33,34)23-9-6-20(7-10-23)16-18(2)3/h6-15,17-18H,5,16H2,1-4H3. The molecule has 4 aromatic rings. The van der Waals surface area contributed by atoms with E-state index in [1.807, 2.05) is 0 Å². The van der Waals surface area contributed by atoms with E-state index in [1.54, 1.807) is 26.0 Å². The van der Waals surface area contributed by atoms with Crippen molar-refractivity contribution in [3.05, 3.63) is 89.4 Å². The third kappa shape index (κ3) is 5.27. The molecule has 9 heteroatoms. The van der Waals surface area contributed by atoms with Crippen molar-refractivity contribution < 1.29 is 27.2 Å². The lowest BCUT2D eigenvalue weighted by Crippen LogP contribution is -2.37. The summed E-state index contributed by atoms with van der Waals surface area (Å²) in [5.41, 5.74) is 1.76. The molecule has 1 amide bonds. The molecule has 0 aliphatic carbocycles. The van der Waals surface area contributed by atoms with Crippen molar-refractivity contribution in [2.45, 2.75) is 39.0 Å². The molecule has 8 nitrogen and oxygen atoms in total. The molecule has 0 N–H and O–H groups in total. The van der Waals surface area contributed by atoms with E-state index in [9.17, 15) is 18.0 Å². The van der Waals surface area contributed by atoms with Crippen LogP contribution in [0, 0.1) is 12.8 Å². The Morgan fingerprint density at radius 2 is 1.70 bits per heavy atom. The minimum Gasteiger partial charge on any atom is -0.462 e. The summed E-state index contributed by atoms with van der Waals surface area (Å²) >= 11 is 0. The van der Waals surface area contributed by atoms with Crippen LogP contribution in [0.15, 0.2) is 76.3 Å². The maximum absolute atomic E-state index is 13.9. The number of aromatic nitrogens is 1. The predicted molar refractivity (Wildman–Crippen MR) is 140 cm³/mol. The molecule has 2 aromatic heterocycles. The molecule has 0 radical (unpaired) electrons. The van der Waals surface area contributed by atoms with Crippen LogP contribution in [0.2, 0.25) is 0 Å². The first kappa shape index (κ1) is 26.1. The Kier molecular flexibility index (Phi) is 7.45. The minimum absolute atomic E-state index is 0.0310. The average Bonchev–Trinajstić information content (AvgIpc) is 3.19. The molecule has 0 bridgehead atoms. The van der Waals surface area contributed by atoms with Crippen LogP contribution in [0.5, 0.6) is 0 Å². The van der Waals surface area contributed by atoms with Crippen LogP contribution in [-0.4, -0.2) is 31.9 Å². The number of amides is 1. The van der Waals surface area contributed by atoms with Crippen LogP contribution in [0.1, 0.15) is 52.8 Å². The molecule has 0 saturated heterocycles. The average molecular weight is 521 g/mol. The summed E-state index contributed by atoms with van der Waals surface area (Å²) in [6.45, 7) is 7.64. The zero-order valence-electron chi connectivity index (χ0n) is 21.1. The first-order chi connectivity index (χ1) is 17.6. The van der Waals surface area contributed by atoms with Gasteiger partial charge in [-0.25, -0.2) is 13.2 Å². The van der Waals surface area contributed by atoms with Gasteiger partial charge in [0, 0.05) is 23.3 Å². The first-order valence-corrected chi connectivity index (χ1v) is 13.4. The molecular formula is C28H28N2O6S. The van der Waals surface area contributed by atoms with E-state index in [0.717, 1.165) is 16.3 Å². The molecule has 0 spiro atoms.